The van der Waals surface area contributed by atoms with Gasteiger partial charge in [0.1, 0.15) is 16.9 Å². The van der Waals surface area contributed by atoms with Gasteiger partial charge in [-0.2, -0.15) is 0 Å². The predicted octanol–water partition coefficient (Wildman–Crippen LogP) is 2.99. The molecule has 0 aliphatic carbocycles. The van der Waals surface area contributed by atoms with Crippen molar-refractivity contribution in [3.63, 3.8) is 0 Å². The summed E-state index contributed by atoms with van der Waals surface area (Å²) in [6.45, 7) is 4.19. The van der Waals surface area contributed by atoms with E-state index >= 15 is 0 Å². The van der Waals surface area contributed by atoms with Crippen LogP contribution in [-0.4, -0.2) is 18.8 Å². The van der Waals surface area contributed by atoms with Crippen molar-refractivity contribution in [3.8, 4) is 0 Å². The lowest BCUT2D eigenvalue weighted by molar-refractivity contribution is -0.0525. The fraction of sp³-hybridized carbons (Fsp3) is 0.429. The Bertz CT molecular complexity index is 515. The van der Waals surface area contributed by atoms with E-state index in [1.165, 1.54) is 5.56 Å². The highest BCUT2D eigenvalue weighted by Gasteiger charge is 2.31. The third-order valence-corrected chi connectivity index (χ3v) is 3.10. The first-order chi connectivity index (χ1) is 8.09. The number of furan rings is 1. The van der Waals surface area contributed by atoms with Crippen LogP contribution < -0.4 is 0 Å². The van der Waals surface area contributed by atoms with Crippen LogP contribution in [0.1, 0.15) is 24.7 Å². The number of fused-ring (bicyclic) bond motifs is 1. The van der Waals surface area contributed by atoms with Crippen molar-refractivity contribution in [2.24, 2.45) is 0 Å². The summed E-state index contributed by atoms with van der Waals surface area (Å²) < 4.78 is 10.8. The third-order valence-electron chi connectivity index (χ3n) is 3.10. The Balaban J connectivity index is 2.48. The van der Waals surface area contributed by atoms with E-state index < -0.39 is 5.60 Å². The number of hydrogen-bond acceptors (Lipinski definition) is 3. The molecule has 0 spiro atoms. The van der Waals surface area contributed by atoms with Gasteiger partial charge in [-0.1, -0.05) is 18.6 Å². The van der Waals surface area contributed by atoms with Crippen molar-refractivity contribution >= 4 is 11.0 Å². The van der Waals surface area contributed by atoms with Gasteiger partial charge in [0.2, 0.25) is 0 Å². The molecule has 1 unspecified atom stereocenters. The van der Waals surface area contributed by atoms with E-state index in [1.807, 2.05) is 38.1 Å². The van der Waals surface area contributed by atoms with Crippen LogP contribution in [0, 0.1) is 6.92 Å². The summed E-state index contributed by atoms with van der Waals surface area (Å²) in [4.78, 5) is 0. The van der Waals surface area contributed by atoms with Gasteiger partial charge >= 0.3 is 0 Å². The lowest BCUT2D eigenvalue weighted by Crippen LogP contribution is -2.29. The highest BCUT2D eigenvalue weighted by atomic mass is 16.5. The molecule has 3 heteroatoms. The molecule has 0 aliphatic rings. The summed E-state index contributed by atoms with van der Waals surface area (Å²) >= 11 is 0. The number of benzene rings is 1. The average molecular weight is 234 g/mol. The molecule has 17 heavy (non-hydrogen) atoms. The third kappa shape index (κ3) is 2.21. The van der Waals surface area contributed by atoms with Crippen LogP contribution in [0.3, 0.4) is 0 Å². The predicted molar refractivity (Wildman–Crippen MR) is 67.0 cm³/mol. The fourth-order valence-corrected chi connectivity index (χ4v) is 1.98. The van der Waals surface area contributed by atoms with E-state index in [1.54, 1.807) is 7.11 Å². The number of rotatable bonds is 4. The summed E-state index contributed by atoms with van der Waals surface area (Å²) in [5.74, 6) is 0.572. The number of ether oxygens (including phenoxy) is 1. The second-order valence-electron chi connectivity index (χ2n) is 4.47. The Kier molecular flexibility index (Phi) is 3.22. The van der Waals surface area contributed by atoms with Gasteiger partial charge in [0.25, 0.3) is 0 Å². The highest BCUT2D eigenvalue weighted by Crippen LogP contribution is 2.31. The van der Waals surface area contributed by atoms with Crippen LogP contribution in [0.15, 0.2) is 28.7 Å². The zero-order valence-electron chi connectivity index (χ0n) is 10.5. The molecule has 0 saturated heterocycles. The first kappa shape index (κ1) is 12.1. The molecular formula is C14H18O3. The van der Waals surface area contributed by atoms with Gasteiger partial charge in [0, 0.05) is 12.5 Å². The smallest absolute Gasteiger partial charge is 0.145 e. The van der Waals surface area contributed by atoms with Gasteiger partial charge in [-0.05, 0) is 31.5 Å². The zero-order valence-corrected chi connectivity index (χ0v) is 10.5. The first-order valence-corrected chi connectivity index (χ1v) is 5.81. The van der Waals surface area contributed by atoms with E-state index in [9.17, 15) is 5.11 Å². The van der Waals surface area contributed by atoms with E-state index in [0.717, 1.165) is 11.0 Å². The van der Waals surface area contributed by atoms with Crippen LogP contribution >= 0.6 is 0 Å². The van der Waals surface area contributed by atoms with Gasteiger partial charge in [0.05, 0.1) is 6.61 Å². The number of hydrogen-bond donors (Lipinski definition) is 1. The molecule has 2 aromatic rings. The molecule has 1 atom stereocenters. The number of aliphatic hydroxyl groups is 1. The topological polar surface area (TPSA) is 42.6 Å². The van der Waals surface area contributed by atoms with Gasteiger partial charge < -0.3 is 14.3 Å². The molecule has 0 saturated carbocycles. The summed E-state index contributed by atoms with van der Waals surface area (Å²) in [5, 5.41) is 11.5. The number of aryl methyl sites for hydroxylation is 1. The van der Waals surface area contributed by atoms with E-state index in [-0.39, 0.29) is 6.61 Å². The van der Waals surface area contributed by atoms with Crippen LogP contribution in [0.4, 0.5) is 0 Å². The maximum atomic E-state index is 10.4. The second kappa shape index (κ2) is 4.51. The molecule has 0 fully saturated rings. The quantitative estimate of drug-likeness (QED) is 0.884. The van der Waals surface area contributed by atoms with E-state index in [4.69, 9.17) is 9.15 Å². The van der Waals surface area contributed by atoms with Crippen LogP contribution in [0.25, 0.3) is 11.0 Å². The molecule has 92 valence electrons. The standard InChI is InChI=1S/C14H18O3/c1-4-14(15,9-16-3)13-8-11-7-10(2)5-6-12(11)17-13/h5-8,15H,4,9H2,1-3H3. The Morgan fingerprint density at radius 3 is 2.76 bits per heavy atom. The van der Waals surface area contributed by atoms with Crippen LogP contribution in [0.2, 0.25) is 0 Å². The average Bonchev–Trinajstić information content (AvgIpc) is 2.72. The maximum absolute atomic E-state index is 10.4. The van der Waals surface area contributed by atoms with Crippen LogP contribution in [-0.2, 0) is 10.3 Å². The first-order valence-electron chi connectivity index (χ1n) is 5.81. The molecule has 0 aliphatic heterocycles. The minimum absolute atomic E-state index is 0.238. The monoisotopic (exact) mass is 234 g/mol. The Hall–Kier alpha value is -1.32. The van der Waals surface area contributed by atoms with Crippen molar-refractivity contribution in [2.75, 3.05) is 13.7 Å². The maximum Gasteiger partial charge on any atom is 0.145 e. The van der Waals surface area contributed by atoms with Crippen molar-refractivity contribution < 1.29 is 14.3 Å². The van der Waals surface area contributed by atoms with Gasteiger partial charge in [-0.3, -0.25) is 0 Å². The second-order valence-corrected chi connectivity index (χ2v) is 4.47. The van der Waals surface area contributed by atoms with Crippen molar-refractivity contribution in [2.45, 2.75) is 25.9 Å². The summed E-state index contributed by atoms with van der Waals surface area (Å²) in [7, 11) is 1.58. The molecule has 1 N–H and O–H groups in total. The summed E-state index contributed by atoms with van der Waals surface area (Å²) in [6.07, 6.45) is 0.555. The highest BCUT2D eigenvalue weighted by molar-refractivity contribution is 5.78. The summed E-state index contributed by atoms with van der Waals surface area (Å²) in [6, 6.07) is 7.87. The normalized spacial score (nSPS) is 15.1. The molecule has 2 rings (SSSR count). The van der Waals surface area contributed by atoms with E-state index in [2.05, 4.69) is 0 Å². The summed E-state index contributed by atoms with van der Waals surface area (Å²) in [5.41, 5.74) is 0.937. The molecule has 0 bridgehead atoms. The molecule has 3 nitrogen and oxygen atoms in total. The lowest BCUT2D eigenvalue weighted by Gasteiger charge is -2.22. The van der Waals surface area contributed by atoms with Gasteiger partial charge in [-0.15, -0.1) is 0 Å². The van der Waals surface area contributed by atoms with Crippen molar-refractivity contribution in [1.29, 1.82) is 0 Å². The molecule has 0 amide bonds. The van der Waals surface area contributed by atoms with Gasteiger partial charge in [0.15, 0.2) is 0 Å². The molecule has 1 aromatic heterocycles. The van der Waals surface area contributed by atoms with Gasteiger partial charge in [-0.25, -0.2) is 0 Å². The van der Waals surface area contributed by atoms with Crippen molar-refractivity contribution in [3.05, 3.63) is 35.6 Å². The SMILES string of the molecule is CCC(O)(COC)c1cc2cc(C)ccc2o1. The minimum atomic E-state index is -1.04. The molecule has 1 heterocycles. The zero-order chi connectivity index (χ0) is 12.5. The lowest BCUT2D eigenvalue weighted by atomic mass is 9.98. The Morgan fingerprint density at radius 2 is 2.12 bits per heavy atom. The van der Waals surface area contributed by atoms with Crippen molar-refractivity contribution in [1.82, 2.24) is 0 Å². The minimum Gasteiger partial charge on any atom is -0.458 e. The number of methoxy groups -OCH3 is 1. The Morgan fingerprint density at radius 1 is 1.35 bits per heavy atom. The molecular weight excluding hydrogens is 216 g/mol. The van der Waals surface area contributed by atoms with E-state index in [0.29, 0.717) is 12.2 Å². The molecule has 1 aromatic carbocycles. The Labute approximate surface area is 101 Å². The molecule has 0 radical (unpaired) electrons. The van der Waals surface area contributed by atoms with Crippen LogP contribution in [0.5, 0.6) is 0 Å². The fourth-order valence-electron chi connectivity index (χ4n) is 1.98. The largest absolute Gasteiger partial charge is 0.458 e.